The first-order valence-corrected chi connectivity index (χ1v) is 6.38. The van der Waals surface area contributed by atoms with E-state index in [4.69, 9.17) is 16.3 Å². The molecule has 0 spiro atoms. The van der Waals surface area contributed by atoms with Crippen molar-refractivity contribution in [3.63, 3.8) is 0 Å². The zero-order valence-corrected chi connectivity index (χ0v) is 11.2. The minimum absolute atomic E-state index is 0.443. The molecule has 1 aliphatic rings. The van der Waals surface area contributed by atoms with Gasteiger partial charge in [-0.15, -0.1) is 0 Å². The van der Waals surface area contributed by atoms with Crippen molar-refractivity contribution in [1.82, 2.24) is 14.5 Å². The Morgan fingerprint density at radius 3 is 2.68 bits per heavy atom. The maximum Gasteiger partial charge on any atom is 0.329 e. The zero-order chi connectivity index (χ0) is 14.0. The topological polar surface area (TPSA) is 67.3 Å². The summed E-state index contributed by atoms with van der Waals surface area (Å²) >= 11 is 5.42. The van der Waals surface area contributed by atoms with Crippen molar-refractivity contribution in [1.29, 1.82) is 0 Å². The van der Waals surface area contributed by atoms with Gasteiger partial charge in [0.1, 0.15) is 0 Å². The number of morpholine rings is 1. The highest BCUT2D eigenvalue weighted by Crippen LogP contribution is 2.08. The van der Waals surface area contributed by atoms with Crippen molar-refractivity contribution in [3.05, 3.63) is 31.8 Å². The molecule has 0 aromatic carbocycles. The predicted molar refractivity (Wildman–Crippen MR) is 68.3 cm³/mol. The molecule has 1 atom stereocenters. The molecule has 1 aliphatic heterocycles. The summed E-state index contributed by atoms with van der Waals surface area (Å²) in [5.74, 6) is -1.13. The zero-order valence-electron chi connectivity index (χ0n) is 10.5. The Bertz CT molecular complexity index is 565. The monoisotopic (exact) mass is 291 g/mol. The Morgan fingerprint density at radius 2 is 2.05 bits per heavy atom. The number of ether oxygens (including phenoxy) is 1. The fraction of sp³-hybridized carbons (Fsp3) is 0.636. The largest absolute Gasteiger partial charge is 0.379 e. The van der Waals surface area contributed by atoms with Crippen LogP contribution in [0.3, 0.4) is 0 Å². The molecule has 6 nitrogen and oxygen atoms in total. The van der Waals surface area contributed by atoms with Crippen LogP contribution in [0.4, 0.5) is 4.39 Å². The summed E-state index contributed by atoms with van der Waals surface area (Å²) in [6.45, 7) is 4.87. The number of nitrogens with one attached hydrogen (secondary N) is 1. The molecule has 1 N–H and O–H groups in total. The van der Waals surface area contributed by atoms with Crippen molar-refractivity contribution in [3.8, 4) is 0 Å². The van der Waals surface area contributed by atoms with Gasteiger partial charge in [-0.05, 0) is 6.92 Å². The summed E-state index contributed by atoms with van der Waals surface area (Å²) in [6, 6.07) is -0.443. The van der Waals surface area contributed by atoms with Gasteiger partial charge in [0.15, 0.2) is 5.15 Å². The minimum Gasteiger partial charge on any atom is -0.379 e. The minimum atomic E-state index is -1.13. The van der Waals surface area contributed by atoms with E-state index >= 15 is 0 Å². The molecule has 0 saturated carbocycles. The normalized spacial score (nSPS) is 18.5. The molecule has 0 amide bonds. The summed E-state index contributed by atoms with van der Waals surface area (Å²) < 4.78 is 19.5. The van der Waals surface area contributed by atoms with E-state index in [1.165, 1.54) is 0 Å². The first-order chi connectivity index (χ1) is 9.00. The Hall–Kier alpha value is -1.18. The smallest absolute Gasteiger partial charge is 0.329 e. The van der Waals surface area contributed by atoms with E-state index in [1.54, 1.807) is 6.92 Å². The van der Waals surface area contributed by atoms with Gasteiger partial charge < -0.3 is 4.74 Å². The van der Waals surface area contributed by atoms with Crippen LogP contribution in [0.2, 0.25) is 5.15 Å². The molecule has 106 valence electrons. The number of H-pyrrole nitrogens is 1. The molecule has 8 heteroatoms. The summed E-state index contributed by atoms with van der Waals surface area (Å²) in [6.07, 6.45) is 0. The Balaban J connectivity index is 2.23. The molecule has 1 fully saturated rings. The Labute approximate surface area is 113 Å². The molecule has 1 saturated heterocycles. The highest BCUT2D eigenvalue weighted by atomic mass is 35.5. The second-order valence-corrected chi connectivity index (χ2v) is 4.87. The van der Waals surface area contributed by atoms with Crippen molar-refractivity contribution < 1.29 is 9.13 Å². The van der Waals surface area contributed by atoms with Crippen molar-refractivity contribution in [2.45, 2.75) is 13.0 Å². The first-order valence-electron chi connectivity index (χ1n) is 6.00. The molecular weight excluding hydrogens is 277 g/mol. The molecule has 0 aliphatic carbocycles. The van der Waals surface area contributed by atoms with Gasteiger partial charge in [0.05, 0.1) is 19.3 Å². The third-order valence-electron chi connectivity index (χ3n) is 3.10. The fourth-order valence-corrected chi connectivity index (χ4v) is 2.30. The molecule has 1 aromatic rings. The van der Waals surface area contributed by atoms with Gasteiger partial charge in [-0.25, -0.2) is 4.79 Å². The quantitative estimate of drug-likeness (QED) is 0.809. The van der Waals surface area contributed by atoms with Crippen molar-refractivity contribution in [2.24, 2.45) is 0 Å². The lowest BCUT2D eigenvalue weighted by molar-refractivity contribution is 0.0320. The lowest BCUT2D eigenvalue weighted by Crippen LogP contribution is -2.45. The molecule has 2 rings (SSSR count). The second kappa shape index (κ2) is 5.85. The van der Waals surface area contributed by atoms with Crippen molar-refractivity contribution >= 4 is 11.6 Å². The number of aromatic amines is 1. The lowest BCUT2D eigenvalue weighted by atomic mass is 10.3. The van der Waals surface area contributed by atoms with Gasteiger partial charge in [-0.2, -0.15) is 4.39 Å². The fourth-order valence-electron chi connectivity index (χ4n) is 2.14. The second-order valence-electron chi connectivity index (χ2n) is 4.50. The summed E-state index contributed by atoms with van der Waals surface area (Å²) in [4.78, 5) is 27.6. The van der Waals surface area contributed by atoms with Crippen LogP contribution in [0.1, 0.15) is 13.0 Å². The summed E-state index contributed by atoms with van der Waals surface area (Å²) in [5.41, 5.74) is -1.69. The van der Waals surface area contributed by atoms with E-state index in [2.05, 4.69) is 9.88 Å². The predicted octanol–water partition coefficient (Wildman–Crippen LogP) is 0.222. The number of rotatable bonds is 3. The van der Waals surface area contributed by atoms with E-state index in [9.17, 15) is 14.0 Å². The molecule has 1 aromatic heterocycles. The van der Waals surface area contributed by atoms with Gasteiger partial charge in [-0.1, -0.05) is 11.6 Å². The maximum atomic E-state index is 13.4. The summed E-state index contributed by atoms with van der Waals surface area (Å²) in [7, 11) is 0. The number of hydrogen-bond acceptors (Lipinski definition) is 4. The van der Waals surface area contributed by atoms with Crippen LogP contribution in [-0.4, -0.2) is 47.3 Å². The highest BCUT2D eigenvalue weighted by molar-refractivity contribution is 6.29. The highest BCUT2D eigenvalue weighted by Gasteiger charge is 2.20. The van der Waals surface area contributed by atoms with Gasteiger partial charge in [-0.3, -0.25) is 19.2 Å². The van der Waals surface area contributed by atoms with E-state index in [0.717, 1.165) is 17.7 Å². The lowest BCUT2D eigenvalue weighted by Gasteiger charge is -2.29. The van der Waals surface area contributed by atoms with Crippen LogP contribution in [0.15, 0.2) is 9.59 Å². The number of nitrogens with zero attached hydrogens (tertiary/aromatic N) is 2. The molecule has 0 radical (unpaired) electrons. The van der Waals surface area contributed by atoms with Crippen LogP contribution in [0.5, 0.6) is 0 Å². The van der Waals surface area contributed by atoms with Crippen LogP contribution >= 0.6 is 11.6 Å². The van der Waals surface area contributed by atoms with Gasteiger partial charge in [0.2, 0.25) is 5.82 Å². The van der Waals surface area contributed by atoms with E-state index in [1.807, 2.05) is 0 Å². The number of aromatic nitrogens is 2. The van der Waals surface area contributed by atoms with Crippen LogP contribution < -0.4 is 11.2 Å². The van der Waals surface area contributed by atoms with Gasteiger partial charge >= 0.3 is 5.69 Å². The Kier molecular flexibility index (Phi) is 4.38. The molecule has 0 bridgehead atoms. The SMILES string of the molecule is CC(CN1CCOCC1)n1c(=O)[nH]c(Cl)c(F)c1=O. The number of halogens is 2. The first kappa shape index (κ1) is 14.2. The van der Waals surface area contributed by atoms with Crippen LogP contribution in [0.25, 0.3) is 0 Å². The van der Waals surface area contributed by atoms with Gasteiger partial charge in [0, 0.05) is 19.6 Å². The van der Waals surface area contributed by atoms with E-state index < -0.39 is 28.3 Å². The molecule has 1 unspecified atom stereocenters. The third-order valence-corrected chi connectivity index (χ3v) is 3.36. The van der Waals surface area contributed by atoms with Crippen LogP contribution in [-0.2, 0) is 4.74 Å². The molecular formula is C11H15ClFN3O3. The standard InChI is InChI=1S/C11H15ClFN3O3/c1-7(6-15-2-4-19-5-3-15)16-10(17)8(13)9(12)14-11(16)18/h7H,2-6H2,1H3,(H,14,18). The third kappa shape index (κ3) is 3.05. The molecule has 19 heavy (non-hydrogen) atoms. The van der Waals surface area contributed by atoms with E-state index in [-0.39, 0.29) is 0 Å². The maximum absolute atomic E-state index is 13.4. The number of hydrogen-bond donors (Lipinski definition) is 1. The average Bonchev–Trinajstić information content (AvgIpc) is 2.37. The van der Waals surface area contributed by atoms with Gasteiger partial charge in [0.25, 0.3) is 5.56 Å². The Morgan fingerprint density at radius 1 is 1.42 bits per heavy atom. The van der Waals surface area contributed by atoms with E-state index in [0.29, 0.717) is 19.8 Å². The molecule has 2 heterocycles. The van der Waals surface area contributed by atoms with Crippen LogP contribution in [0, 0.1) is 5.82 Å². The average molecular weight is 292 g/mol. The summed E-state index contributed by atoms with van der Waals surface area (Å²) in [5, 5.41) is -0.551. The van der Waals surface area contributed by atoms with Crippen molar-refractivity contribution in [2.75, 3.05) is 32.8 Å².